The summed E-state index contributed by atoms with van der Waals surface area (Å²) in [6, 6.07) is 13.6. The van der Waals surface area contributed by atoms with E-state index in [0.717, 1.165) is 43.8 Å². The van der Waals surface area contributed by atoms with Gasteiger partial charge in [-0.25, -0.2) is 0 Å². The van der Waals surface area contributed by atoms with Crippen molar-refractivity contribution in [2.24, 2.45) is 0 Å². The van der Waals surface area contributed by atoms with E-state index in [9.17, 15) is 4.79 Å². The van der Waals surface area contributed by atoms with Crippen molar-refractivity contribution < 1.29 is 14.3 Å². The molecular weight excluding hydrogens is 364 g/mol. The standard InChI is InChI=1S/C21H23ClN2O3/c22-18-12-15(13-19-20(18)27-11-10-26-19)14-24-8-6-17(7-9-24)23-21(25)16-4-2-1-3-5-16/h1-5,12-13,17H,6-11,14H2,(H,23,25). The lowest BCUT2D eigenvalue weighted by Crippen LogP contribution is -2.44. The van der Waals surface area contributed by atoms with Crippen LogP contribution in [0.5, 0.6) is 11.5 Å². The molecule has 5 nitrogen and oxygen atoms in total. The van der Waals surface area contributed by atoms with E-state index >= 15 is 0 Å². The molecule has 0 unspecified atom stereocenters. The van der Waals surface area contributed by atoms with Crippen molar-refractivity contribution in [3.05, 3.63) is 58.6 Å². The SMILES string of the molecule is O=C(NC1CCN(Cc2cc(Cl)c3c(c2)OCCO3)CC1)c1ccccc1. The summed E-state index contributed by atoms with van der Waals surface area (Å²) in [5.41, 5.74) is 1.84. The molecule has 1 fully saturated rings. The van der Waals surface area contributed by atoms with Crippen molar-refractivity contribution >= 4 is 17.5 Å². The summed E-state index contributed by atoms with van der Waals surface area (Å²) in [6.45, 7) is 3.78. The maximum absolute atomic E-state index is 12.3. The molecule has 2 heterocycles. The Hall–Kier alpha value is -2.24. The molecule has 4 rings (SSSR count). The fourth-order valence-corrected chi connectivity index (χ4v) is 3.90. The van der Waals surface area contributed by atoms with Gasteiger partial charge in [-0.1, -0.05) is 29.8 Å². The molecule has 1 N–H and O–H groups in total. The fourth-order valence-electron chi connectivity index (χ4n) is 3.61. The van der Waals surface area contributed by atoms with Crippen molar-refractivity contribution in [3.8, 4) is 11.5 Å². The van der Waals surface area contributed by atoms with Gasteiger partial charge in [-0.15, -0.1) is 0 Å². The highest BCUT2D eigenvalue weighted by molar-refractivity contribution is 6.32. The van der Waals surface area contributed by atoms with Gasteiger partial charge < -0.3 is 14.8 Å². The van der Waals surface area contributed by atoms with Crippen LogP contribution >= 0.6 is 11.6 Å². The first kappa shape index (κ1) is 18.1. The van der Waals surface area contributed by atoms with Crippen LogP contribution in [0.4, 0.5) is 0 Å². The lowest BCUT2D eigenvalue weighted by Gasteiger charge is -2.32. The van der Waals surface area contributed by atoms with Gasteiger partial charge in [0, 0.05) is 31.2 Å². The van der Waals surface area contributed by atoms with Crippen molar-refractivity contribution in [1.82, 2.24) is 10.2 Å². The molecule has 0 saturated carbocycles. The van der Waals surface area contributed by atoms with Crippen LogP contribution < -0.4 is 14.8 Å². The molecule has 0 aromatic heterocycles. The first-order chi connectivity index (χ1) is 13.2. The van der Waals surface area contributed by atoms with Gasteiger partial charge in [0.2, 0.25) is 0 Å². The summed E-state index contributed by atoms with van der Waals surface area (Å²) in [7, 11) is 0. The maximum atomic E-state index is 12.3. The highest BCUT2D eigenvalue weighted by Gasteiger charge is 2.22. The van der Waals surface area contributed by atoms with E-state index in [1.165, 1.54) is 0 Å². The van der Waals surface area contributed by atoms with Crippen LogP contribution in [0.2, 0.25) is 5.02 Å². The largest absolute Gasteiger partial charge is 0.486 e. The molecule has 0 atom stereocenters. The van der Waals surface area contributed by atoms with Gasteiger partial charge in [-0.3, -0.25) is 9.69 Å². The second-order valence-electron chi connectivity index (χ2n) is 6.99. The minimum atomic E-state index is 0.00710. The highest BCUT2D eigenvalue weighted by Crippen LogP contribution is 2.38. The van der Waals surface area contributed by atoms with Gasteiger partial charge in [0.15, 0.2) is 11.5 Å². The van der Waals surface area contributed by atoms with Crippen molar-refractivity contribution in [3.63, 3.8) is 0 Å². The maximum Gasteiger partial charge on any atom is 0.251 e. The third-order valence-electron chi connectivity index (χ3n) is 5.02. The Morgan fingerprint density at radius 3 is 2.63 bits per heavy atom. The highest BCUT2D eigenvalue weighted by atomic mass is 35.5. The number of amides is 1. The number of hydrogen-bond acceptors (Lipinski definition) is 4. The first-order valence-corrected chi connectivity index (χ1v) is 9.73. The molecule has 142 valence electrons. The Balaban J connectivity index is 1.31. The number of nitrogens with zero attached hydrogens (tertiary/aromatic N) is 1. The number of hydrogen-bond donors (Lipinski definition) is 1. The van der Waals surface area contributed by atoms with Gasteiger partial charge in [0.05, 0.1) is 5.02 Å². The number of rotatable bonds is 4. The molecule has 6 heteroatoms. The Morgan fingerprint density at radius 2 is 1.85 bits per heavy atom. The van der Waals surface area contributed by atoms with E-state index in [4.69, 9.17) is 21.1 Å². The number of carbonyl (C=O) groups excluding carboxylic acids is 1. The lowest BCUT2D eigenvalue weighted by atomic mass is 10.0. The summed E-state index contributed by atoms with van der Waals surface area (Å²) in [5, 5.41) is 3.75. The van der Waals surface area contributed by atoms with Crippen LogP contribution in [-0.2, 0) is 6.54 Å². The van der Waals surface area contributed by atoms with Crippen molar-refractivity contribution in [1.29, 1.82) is 0 Å². The second-order valence-corrected chi connectivity index (χ2v) is 7.40. The van der Waals surface area contributed by atoms with E-state index in [-0.39, 0.29) is 11.9 Å². The number of fused-ring (bicyclic) bond motifs is 1. The minimum absolute atomic E-state index is 0.00710. The zero-order valence-corrected chi connectivity index (χ0v) is 15.9. The van der Waals surface area contributed by atoms with Crippen LogP contribution in [0, 0.1) is 0 Å². The summed E-state index contributed by atoms with van der Waals surface area (Å²) in [5.74, 6) is 1.38. The molecule has 2 aliphatic heterocycles. The molecule has 2 aromatic carbocycles. The average molecular weight is 387 g/mol. The number of nitrogens with one attached hydrogen (secondary N) is 1. The van der Waals surface area contributed by atoms with E-state index in [0.29, 0.717) is 29.5 Å². The van der Waals surface area contributed by atoms with Crippen molar-refractivity contribution in [2.75, 3.05) is 26.3 Å². The Bertz CT molecular complexity index is 805. The third-order valence-corrected chi connectivity index (χ3v) is 5.30. The molecular formula is C21H23ClN2O3. The van der Waals surface area contributed by atoms with Gasteiger partial charge in [0.25, 0.3) is 5.91 Å². The summed E-state index contributed by atoms with van der Waals surface area (Å²) >= 11 is 6.33. The Kier molecular flexibility index (Phi) is 5.50. The van der Waals surface area contributed by atoms with Gasteiger partial charge in [-0.05, 0) is 42.7 Å². The summed E-state index contributed by atoms with van der Waals surface area (Å²) in [4.78, 5) is 14.7. The number of carbonyl (C=O) groups is 1. The Labute approximate surface area is 164 Å². The molecule has 2 aliphatic rings. The number of benzene rings is 2. The van der Waals surface area contributed by atoms with E-state index in [2.05, 4.69) is 10.2 Å². The quantitative estimate of drug-likeness (QED) is 0.873. The van der Waals surface area contributed by atoms with Crippen LogP contribution in [-0.4, -0.2) is 43.2 Å². The van der Waals surface area contributed by atoms with Gasteiger partial charge >= 0.3 is 0 Å². The molecule has 1 amide bonds. The minimum Gasteiger partial charge on any atom is -0.486 e. The molecule has 0 spiro atoms. The average Bonchev–Trinajstić information content (AvgIpc) is 2.70. The van der Waals surface area contributed by atoms with Gasteiger partial charge in [0.1, 0.15) is 13.2 Å². The summed E-state index contributed by atoms with van der Waals surface area (Å²) in [6.07, 6.45) is 1.88. The number of halogens is 1. The van der Waals surface area contributed by atoms with Crippen molar-refractivity contribution in [2.45, 2.75) is 25.4 Å². The number of likely N-dealkylation sites (tertiary alicyclic amines) is 1. The zero-order chi connectivity index (χ0) is 18.6. The number of piperidine rings is 1. The molecule has 1 saturated heterocycles. The van der Waals surface area contributed by atoms with Crippen LogP contribution in [0.25, 0.3) is 0 Å². The number of ether oxygens (including phenoxy) is 2. The third kappa shape index (κ3) is 4.37. The topological polar surface area (TPSA) is 50.8 Å². The molecule has 2 aromatic rings. The second kappa shape index (κ2) is 8.19. The van der Waals surface area contributed by atoms with Crippen LogP contribution in [0.15, 0.2) is 42.5 Å². The van der Waals surface area contributed by atoms with E-state index in [1.54, 1.807) is 0 Å². The lowest BCUT2D eigenvalue weighted by molar-refractivity contribution is 0.0909. The molecule has 0 bridgehead atoms. The molecule has 27 heavy (non-hydrogen) atoms. The van der Waals surface area contributed by atoms with E-state index in [1.807, 2.05) is 42.5 Å². The monoisotopic (exact) mass is 386 g/mol. The Morgan fingerprint density at radius 1 is 1.11 bits per heavy atom. The normalized spacial score (nSPS) is 17.5. The summed E-state index contributed by atoms with van der Waals surface area (Å²) < 4.78 is 11.2. The van der Waals surface area contributed by atoms with Crippen LogP contribution in [0.1, 0.15) is 28.8 Å². The predicted molar refractivity (Wildman–Crippen MR) is 105 cm³/mol. The first-order valence-electron chi connectivity index (χ1n) is 9.35. The van der Waals surface area contributed by atoms with Crippen LogP contribution in [0.3, 0.4) is 0 Å². The zero-order valence-electron chi connectivity index (χ0n) is 15.1. The smallest absolute Gasteiger partial charge is 0.251 e. The van der Waals surface area contributed by atoms with Gasteiger partial charge in [-0.2, -0.15) is 0 Å². The predicted octanol–water partition coefficient (Wildman–Crippen LogP) is 3.51. The van der Waals surface area contributed by atoms with E-state index < -0.39 is 0 Å². The fraction of sp³-hybridized carbons (Fsp3) is 0.381. The molecule has 0 radical (unpaired) electrons. The molecule has 0 aliphatic carbocycles.